The lowest BCUT2D eigenvalue weighted by Gasteiger charge is -2.19. The molecule has 0 saturated carbocycles. The number of ketones is 2. The third-order valence-corrected chi connectivity index (χ3v) is 6.22. The average molecular weight is 515 g/mol. The van der Waals surface area contributed by atoms with E-state index in [4.69, 9.17) is 4.74 Å². The second-order valence-corrected chi connectivity index (χ2v) is 9.32. The Morgan fingerprint density at radius 1 is 0.865 bits per heavy atom. The maximum atomic E-state index is 12.9. The maximum absolute atomic E-state index is 12.9. The van der Waals surface area contributed by atoms with Crippen LogP contribution in [0.5, 0.6) is 0 Å². The first kappa shape index (κ1) is 30.0. The smallest absolute Gasteiger partial charge is 0.314 e. The summed E-state index contributed by atoms with van der Waals surface area (Å²) in [6.45, 7) is 3.29. The van der Waals surface area contributed by atoms with Crippen molar-refractivity contribution in [3.63, 3.8) is 0 Å². The van der Waals surface area contributed by atoms with Gasteiger partial charge < -0.3 is 30.8 Å². The van der Waals surface area contributed by atoms with Gasteiger partial charge in [0.2, 0.25) is 5.91 Å². The largest absolute Gasteiger partial charge is 0.391 e. The molecule has 0 bridgehead atoms. The third kappa shape index (κ3) is 12.1. The van der Waals surface area contributed by atoms with Crippen molar-refractivity contribution in [1.82, 2.24) is 21.3 Å². The first-order valence-corrected chi connectivity index (χ1v) is 13.3. The molecule has 3 amide bonds. The van der Waals surface area contributed by atoms with E-state index in [0.717, 1.165) is 61.8 Å². The highest BCUT2D eigenvalue weighted by Gasteiger charge is 2.19. The Morgan fingerprint density at radius 3 is 2.27 bits per heavy atom. The fourth-order valence-corrected chi connectivity index (χ4v) is 4.11. The van der Waals surface area contributed by atoms with Gasteiger partial charge in [-0.05, 0) is 57.4 Å². The number of ether oxygens (including phenoxy) is 1. The number of carbonyl (C=O) groups is 4. The summed E-state index contributed by atoms with van der Waals surface area (Å²) >= 11 is 0. The van der Waals surface area contributed by atoms with Crippen LogP contribution in [0, 0.1) is 0 Å². The standard InChI is InChI=1S/C28H42N4O5/c1-21(33)9-4-3-7-16-30-28(36)31-17-8-18-37-20-26(34)32-19-22-12-14-23(15-13-22)27(35)24-10-5-6-11-25(24)29-2/h12-15,29H,3-11,16-20H2,1-2H3,(H,32,34)(H2,30,31,36). The number of hydrogen-bond donors (Lipinski definition) is 4. The summed E-state index contributed by atoms with van der Waals surface area (Å²) in [5, 5.41) is 11.5. The monoisotopic (exact) mass is 514 g/mol. The molecule has 4 N–H and O–H groups in total. The van der Waals surface area contributed by atoms with Crippen molar-refractivity contribution in [2.75, 3.05) is 33.4 Å². The zero-order chi connectivity index (χ0) is 26.9. The van der Waals surface area contributed by atoms with Gasteiger partial charge in [0.15, 0.2) is 5.78 Å². The third-order valence-electron chi connectivity index (χ3n) is 6.22. The van der Waals surface area contributed by atoms with E-state index in [1.54, 1.807) is 6.92 Å². The predicted octanol–water partition coefficient (Wildman–Crippen LogP) is 3.39. The van der Waals surface area contributed by atoms with Gasteiger partial charge in [0, 0.05) is 56.5 Å². The van der Waals surface area contributed by atoms with Gasteiger partial charge in [0.1, 0.15) is 12.4 Å². The van der Waals surface area contributed by atoms with Gasteiger partial charge in [0.25, 0.3) is 0 Å². The number of carbonyl (C=O) groups excluding carboxylic acids is 4. The van der Waals surface area contributed by atoms with Crippen molar-refractivity contribution in [2.24, 2.45) is 0 Å². The van der Waals surface area contributed by atoms with Crippen LogP contribution in [0.4, 0.5) is 4.79 Å². The SMILES string of the molecule is CNC1=C(C(=O)c2ccc(CNC(=O)COCCCNC(=O)NCCCCCC(C)=O)cc2)CCCC1. The molecule has 1 aliphatic rings. The molecular formula is C28H42N4O5. The van der Waals surface area contributed by atoms with Crippen molar-refractivity contribution in [1.29, 1.82) is 0 Å². The van der Waals surface area contributed by atoms with E-state index in [0.29, 0.717) is 44.6 Å². The van der Waals surface area contributed by atoms with Crippen LogP contribution in [0.1, 0.15) is 80.6 Å². The van der Waals surface area contributed by atoms with E-state index in [9.17, 15) is 19.2 Å². The van der Waals surface area contributed by atoms with Gasteiger partial charge in [-0.15, -0.1) is 0 Å². The number of hydrogen-bond acceptors (Lipinski definition) is 6. The van der Waals surface area contributed by atoms with E-state index in [1.807, 2.05) is 31.3 Å². The van der Waals surface area contributed by atoms with Gasteiger partial charge in [-0.1, -0.05) is 30.7 Å². The van der Waals surface area contributed by atoms with E-state index in [1.165, 1.54) is 0 Å². The summed E-state index contributed by atoms with van der Waals surface area (Å²) in [5.74, 6) is 0.0449. The molecule has 0 saturated heterocycles. The van der Waals surface area contributed by atoms with E-state index < -0.39 is 0 Å². The normalized spacial score (nSPS) is 13.1. The van der Waals surface area contributed by atoms with Crippen molar-refractivity contribution in [3.05, 3.63) is 46.7 Å². The summed E-state index contributed by atoms with van der Waals surface area (Å²) in [5.41, 5.74) is 3.49. The quantitative estimate of drug-likeness (QED) is 0.187. The lowest BCUT2D eigenvalue weighted by Crippen LogP contribution is -2.36. The minimum absolute atomic E-state index is 0.0516. The van der Waals surface area contributed by atoms with Gasteiger partial charge in [-0.2, -0.15) is 0 Å². The molecule has 0 aliphatic heterocycles. The summed E-state index contributed by atoms with van der Waals surface area (Å²) in [7, 11) is 1.86. The predicted molar refractivity (Wildman–Crippen MR) is 143 cm³/mol. The highest BCUT2D eigenvalue weighted by molar-refractivity contribution is 6.09. The Bertz CT molecular complexity index is 927. The minimum atomic E-state index is -0.227. The molecule has 0 aromatic heterocycles. The zero-order valence-corrected chi connectivity index (χ0v) is 22.3. The summed E-state index contributed by atoms with van der Waals surface area (Å²) in [4.78, 5) is 47.5. The van der Waals surface area contributed by atoms with Gasteiger partial charge in [-0.25, -0.2) is 4.79 Å². The zero-order valence-electron chi connectivity index (χ0n) is 22.3. The van der Waals surface area contributed by atoms with Crippen LogP contribution in [-0.2, 0) is 20.9 Å². The molecule has 0 atom stereocenters. The molecule has 1 aromatic carbocycles. The van der Waals surface area contributed by atoms with Crippen molar-refractivity contribution < 1.29 is 23.9 Å². The fraction of sp³-hybridized carbons (Fsp3) is 0.571. The van der Waals surface area contributed by atoms with Crippen molar-refractivity contribution >= 4 is 23.5 Å². The molecular weight excluding hydrogens is 472 g/mol. The lowest BCUT2D eigenvalue weighted by atomic mass is 9.90. The van der Waals surface area contributed by atoms with E-state index >= 15 is 0 Å². The van der Waals surface area contributed by atoms with Crippen LogP contribution in [0.3, 0.4) is 0 Å². The molecule has 9 nitrogen and oxygen atoms in total. The molecule has 0 fully saturated rings. The Morgan fingerprint density at radius 2 is 1.57 bits per heavy atom. The van der Waals surface area contributed by atoms with Crippen LogP contribution in [0.2, 0.25) is 0 Å². The van der Waals surface area contributed by atoms with Crippen molar-refractivity contribution in [3.8, 4) is 0 Å². The Hall–Kier alpha value is -3.20. The summed E-state index contributed by atoms with van der Waals surface area (Å²) < 4.78 is 5.38. The highest BCUT2D eigenvalue weighted by Crippen LogP contribution is 2.26. The molecule has 0 spiro atoms. The molecule has 1 aliphatic carbocycles. The van der Waals surface area contributed by atoms with Crippen LogP contribution in [0.15, 0.2) is 35.5 Å². The van der Waals surface area contributed by atoms with Gasteiger partial charge in [-0.3, -0.25) is 9.59 Å². The van der Waals surface area contributed by atoms with Gasteiger partial charge in [0.05, 0.1) is 0 Å². The Labute approximate surface area is 220 Å². The molecule has 0 radical (unpaired) electrons. The number of Topliss-reactive ketones (excluding diaryl/α,β-unsaturated/α-hetero) is 2. The number of amides is 3. The van der Waals surface area contributed by atoms with Crippen molar-refractivity contribution in [2.45, 2.75) is 71.3 Å². The number of urea groups is 1. The first-order valence-electron chi connectivity index (χ1n) is 13.3. The first-order chi connectivity index (χ1) is 17.9. The summed E-state index contributed by atoms with van der Waals surface area (Å²) in [6.07, 6.45) is 7.67. The maximum Gasteiger partial charge on any atom is 0.314 e. The second kappa shape index (κ2) is 17.3. The second-order valence-electron chi connectivity index (χ2n) is 9.32. The average Bonchev–Trinajstić information content (AvgIpc) is 2.91. The van der Waals surface area contributed by atoms with Crippen LogP contribution in [-0.4, -0.2) is 56.9 Å². The topological polar surface area (TPSA) is 126 Å². The van der Waals surface area contributed by atoms with Gasteiger partial charge >= 0.3 is 6.03 Å². The van der Waals surface area contributed by atoms with Crippen LogP contribution in [0.25, 0.3) is 0 Å². The number of nitrogens with one attached hydrogen (secondary N) is 4. The molecule has 2 rings (SSSR count). The van der Waals surface area contributed by atoms with Crippen LogP contribution >= 0.6 is 0 Å². The van der Waals surface area contributed by atoms with Crippen LogP contribution < -0.4 is 21.3 Å². The fourth-order valence-electron chi connectivity index (χ4n) is 4.11. The Balaban J connectivity index is 1.54. The molecule has 0 unspecified atom stereocenters. The summed E-state index contributed by atoms with van der Waals surface area (Å²) in [6, 6.07) is 7.12. The number of allylic oxidation sites excluding steroid dienone is 2. The van der Waals surface area contributed by atoms with E-state index in [-0.39, 0.29) is 30.1 Å². The molecule has 204 valence electrons. The molecule has 1 aromatic rings. The lowest BCUT2D eigenvalue weighted by molar-refractivity contribution is -0.125. The Kier molecular flexibility index (Phi) is 14.0. The molecule has 37 heavy (non-hydrogen) atoms. The molecule has 0 heterocycles. The number of benzene rings is 1. The highest BCUT2D eigenvalue weighted by atomic mass is 16.5. The number of unbranched alkanes of at least 4 members (excludes halogenated alkanes) is 2. The number of rotatable bonds is 17. The van der Waals surface area contributed by atoms with E-state index in [2.05, 4.69) is 21.3 Å². The molecule has 9 heteroatoms. The minimum Gasteiger partial charge on any atom is -0.391 e.